The van der Waals surface area contributed by atoms with Gasteiger partial charge in [0.25, 0.3) is 0 Å². The molecule has 0 saturated carbocycles. The average Bonchev–Trinajstić information content (AvgIpc) is 2.83. The average molecular weight is 241 g/mol. The highest BCUT2D eigenvalue weighted by Gasteiger charge is 2.13. The number of carbonyl (C=O) groups is 1. The van der Waals surface area contributed by atoms with Crippen LogP contribution >= 0.6 is 0 Å². The van der Waals surface area contributed by atoms with Gasteiger partial charge in [-0.05, 0) is 19.1 Å². The minimum absolute atomic E-state index is 0.301. The van der Waals surface area contributed by atoms with Gasteiger partial charge >= 0.3 is 5.97 Å². The Hall–Kier alpha value is -2.43. The van der Waals surface area contributed by atoms with Gasteiger partial charge in [0.1, 0.15) is 12.0 Å². The van der Waals surface area contributed by atoms with Gasteiger partial charge in [-0.15, -0.1) is 0 Å². The van der Waals surface area contributed by atoms with E-state index in [0.29, 0.717) is 17.9 Å². The Bertz CT molecular complexity index is 733. The number of imidazole rings is 1. The van der Waals surface area contributed by atoms with Crippen LogP contribution in [0.2, 0.25) is 0 Å². The number of fused-ring (bicyclic) bond motifs is 3. The van der Waals surface area contributed by atoms with Crippen molar-refractivity contribution in [2.45, 2.75) is 6.92 Å². The molecule has 0 radical (unpaired) electrons. The van der Waals surface area contributed by atoms with Gasteiger partial charge in [0, 0.05) is 11.6 Å². The molecule has 0 atom stereocenters. The quantitative estimate of drug-likeness (QED) is 0.644. The molecular weight excluding hydrogens is 230 g/mol. The van der Waals surface area contributed by atoms with E-state index >= 15 is 0 Å². The topological polar surface area (TPSA) is 56.5 Å². The highest BCUT2D eigenvalue weighted by Crippen LogP contribution is 2.17. The molecule has 1 aromatic carbocycles. The molecule has 0 aliphatic carbocycles. The highest BCUT2D eigenvalue weighted by molar-refractivity contribution is 5.94. The molecule has 3 aromatic rings. The summed E-state index contributed by atoms with van der Waals surface area (Å²) in [5.41, 5.74) is 1.87. The number of esters is 1. The maximum atomic E-state index is 11.6. The predicted molar refractivity (Wildman–Crippen MR) is 66.4 cm³/mol. The van der Waals surface area contributed by atoms with Crippen LogP contribution < -0.4 is 0 Å². The maximum Gasteiger partial charge on any atom is 0.358 e. The van der Waals surface area contributed by atoms with Gasteiger partial charge in [-0.1, -0.05) is 12.1 Å². The number of carbonyl (C=O) groups excluding carboxylic acids is 1. The molecule has 0 aliphatic heterocycles. The highest BCUT2D eigenvalue weighted by atomic mass is 16.5. The Morgan fingerprint density at radius 1 is 1.39 bits per heavy atom. The number of para-hydroxylation sites is 1. The summed E-state index contributed by atoms with van der Waals surface area (Å²) in [6, 6.07) is 7.68. The summed E-state index contributed by atoms with van der Waals surface area (Å²) in [6.45, 7) is 2.11. The van der Waals surface area contributed by atoms with Crippen molar-refractivity contribution >= 4 is 22.5 Å². The molecule has 3 rings (SSSR count). The number of nitrogens with zero attached hydrogens (tertiary/aromatic N) is 3. The summed E-state index contributed by atoms with van der Waals surface area (Å²) in [4.78, 5) is 20.2. The Morgan fingerprint density at radius 3 is 3.06 bits per heavy atom. The molecule has 0 spiro atoms. The summed E-state index contributed by atoms with van der Waals surface area (Å²) >= 11 is 0. The van der Waals surface area contributed by atoms with Crippen molar-refractivity contribution in [1.29, 1.82) is 0 Å². The van der Waals surface area contributed by atoms with Crippen LogP contribution in [0.1, 0.15) is 17.4 Å². The van der Waals surface area contributed by atoms with Gasteiger partial charge in [-0.2, -0.15) is 0 Å². The van der Waals surface area contributed by atoms with E-state index in [1.165, 1.54) is 0 Å². The van der Waals surface area contributed by atoms with E-state index < -0.39 is 5.97 Å². The minimum atomic E-state index is -0.412. The second-order valence-electron chi connectivity index (χ2n) is 3.84. The van der Waals surface area contributed by atoms with Crippen LogP contribution in [0, 0.1) is 0 Å². The van der Waals surface area contributed by atoms with Crippen LogP contribution in [-0.4, -0.2) is 26.9 Å². The second-order valence-corrected chi connectivity index (χ2v) is 3.84. The molecule has 0 saturated heterocycles. The van der Waals surface area contributed by atoms with Gasteiger partial charge in [0.2, 0.25) is 0 Å². The molecule has 5 nitrogen and oxygen atoms in total. The number of ether oxygens (including phenoxy) is 1. The predicted octanol–water partition coefficient (Wildman–Crippen LogP) is 2.06. The summed E-state index contributed by atoms with van der Waals surface area (Å²) in [5, 5.41) is 0.913. The Labute approximate surface area is 103 Å². The Balaban J connectivity index is 2.22. The van der Waals surface area contributed by atoms with Crippen molar-refractivity contribution in [2.24, 2.45) is 0 Å². The molecule has 0 unspecified atom stereocenters. The lowest BCUT2D eigenvalue weighted by molar-refractivity contribution is 0.0520. The van der Waals surface area contributed by atoms with Crippen molar-refractivity contribution in [1.82, 2.24) is 14.4 Å². The zero-order valence-corrected chi connectivity index (χ0v) is 9.83. The van der Waals surface area contributed by atoms with E-state index in [4.69, 9.17) is 4.74 Å². The monoisotopic (exact) mass is 241 g/mol. The normalized spacial score (nSPS) is 10.9. The molecular formula is C13H11N3O2. The van der Waals surface area contributed by atoms with Crippen LogP contribution in [-0.2, 0) is 4.74 Å². The standard InChI is InChI=1S/C13H11N3O2/c1-2-18-13(17)11-7-16-8-14-10-6-4-3-5-9(10)12(16)15-11/h3-8H,2H2,1H3. The fraction of sp³-hybridized carbons (Fsp3) is 0.154. The number of hydrogen-bond donors (Lipinski definition) is 0. The van der Waals surface area contributed by atoms with E-state index in [1.54, 1.807) is 23.8 Å². The van der Waals surface area contributed by atoms with E-state index in [-0.39, 0.29) is 0 Å². The summed E-state index contributed by atoms with van der Waals surface area (Å²) in [7, 11) is 0. The number of rotatable bonds is 2. The molecule has 0 bridgehead atoms. The molecule has 5 heteroatoms. The zero-order valence-electron chi connectivity index (χ0n) is 9.83. The van der Waals surface area contributed by atoms with Gasteiger partial charge in [-0.25, -0.2) is 14.8 Å². The zero-order chi connectivity index (χ0) is 12.5. The number of hydrogen-bond acceptors (Lipinski definition) is 4. The Morgan fingerprint density at radius 2 is 2.22 bits per heavy atom. The smallest absolute Gasteiger partial charge is 0.358 e. The van der Waals surface area contributed by atoms with Crippen molar-refractivity contribution < 1.29 is 9.53 Å². The summed E-state index contributed by atoms with van der Waals surface area (Å²) < 4.78 is 6.67. The fourth-order valence-corrected chi connectivity index (χ4v) is 1.88. The van der Waals surface area contributed by atoms with Gasteiger partial charge < -0.3 is 4.74 Å². The van der Waals surface area contributed by atoms with Gasteiger partial charge in [0.05, 0.1) is 12.1 Å². The van der Waals surface area contributed by atoms with E-state index in [1.807, 2.05) is 24.3 Å². The molecule has 0 aliphatic rings. The van der Waals surface area contributed by atoms with Crippen molar-refractivity contribution in [3.8, 4) is 0 Å². The lowest BCUT2D eigenvalue weighted by Crippen LogP contribution is -2.04. The fourth-order valence-electron chi connectivity index (χ4n) is 1.88. The first-order valence-corrected chi connectivity index (χ1v) is 5.69. The van der Waals surface area contributed by atoms with Crippen LogP contribution in [0.5, 0.6) is 0 Å². The number of benzene rings is 1. The van der Waals surface area contributed by atoms with E-state index in [2.05, 4.69) is 9.97 Å². The molecule has 0 N–H and O–H groups in total. The first-order valence-electron chi connectivity index (χ1n) is 5.69. The molecule has 0 fully saturated rings. The van der Waals surface area contributed by atoms with Crippen LogP contribution in [0.15, 0.2) is 36.8 Å². The van der Waals surface area contributed by atoms with Gasteiger partial charge in [0.15, 0.2) is 5.69 Å². The van der Waals surface area contributed by atoms with Crippen molar-refractivity contribution in [3.05, 3.63) is 42.5 Å². The van der Waals surface area contributed by atoms with Crippen molar-refractivity contribution in [2.75, 3.05) is 6.61 Å². The van der Waals surface area contributed by atoms with Crippen molar-refractivity contribution in [3.63, 3.8) is 0 Å². The lowest BCUT2D eigenvalue weighted by atomic mass is 10.2. The van der Waals surface area contributed by atoms with Crippen LogP contribution in [0.25, 0.3) is 16.6 Å². The molecule has 18 heavy (non-hydrogen) atoms. The largest absolute Gasteiger partial charge is 0.461 e. The first kappa shape index (κ1) is 10.7. The maximum absolute atomic E-state index is 11.6. The van der Waals surface area contributed by atoms with Crippen LogP contribution in [0.3, 0.4) is 0 Å². The summed E-state index contributed by atoms with van der Waals surface area (Å²) in [5.74, 6) is -0.412. The minimum Gasteiger partial charge on any atom is -0.461 e. The lowest BCUT2D eigenvalue weighted by Gasteiger charge is -1.97. The van der Waals surface area contributed by atoms with Gasteiger partial charge in [-0.3, -0.25) is 4.40 Å². The molecule has 0 amide bonds. The first-order chi connectivity index (χ1) is 8.79. The third-order valence-corrected chi connectivity index (χ3v) is 2.68. The Kier molecular flexibility index (Phi) is 2.44. The molecule has 2 aromatic heterocycles. The van der Waals surface area contributed by atoms with E-state index in [9.17, 15) is 4.79 Å². The van der Waals surface area contributed by atoms with Crippen LogP contribution in [0.4, 0.5) is 0 Å². The SMILES string of the molecule is CCOC(=O)c1cn2cnc3ccccc3c2n1. The molecule has 2 heterocycles. The van der Waals surface area contributed by atoms with E-state index in [0.717, 1.165) is 10.9 Å². The molecule has 90 valence electrons. The summed E-state index contributed by atoms with van der Waals surface area (Å²) in [6.07, 6.45) is 3.28. The second kappa shape index (κ2) is 4.10. The third-order valence-electron chi connectivity index (χ3n) is 2.68. The third kappa shape index (κ3) is 1.60. The number of aromatic nitrogens is 3.